The van der Waals surface area contributed by atoms with Crippen LogP contribution in [0.3, 0.4) is 0 Å². The number of aliphatic hydroxyl groups excluding tert-OH is 6. The van der Waals surface area contributed by atoms with E-state index in [4.69, 9.17) is 73.3 Å². The van der Waals surface area contributed by atoms with Crippen molar-refractivity contribution in [2.24, 2.45) is 5.41 Å². The number of esters is 6. The number of aliphatic hydroxyl groups is 6. The number of ether oxygens (including phenoxy) is 9. The highest BCUT2D eigenvalue weighted by molar-refractivity contribution is 5.71. The molecule has 0 heterocycles. The third kappa shape index (κ3) is 70.5. The van der Waals surface area contributed by atoms with Gasteiger partial charge in [-0.15, -0.1) is 0 Å². The smallest absolute Gasteiger partial charge is 0.305 e. The van der Waals surface area contributed by atoms with Gasteiger partial charge in [0.15, 0.2) is 0 Å². The summed E-state index contributed by atoms with van der Waals surface area (Å²) in [4.78, 5) is 68.9. The van der Waals surface area contributed by atoms with Crippen LogP contribution in [0.4, 0.5) is 0 Å². The average molecular weight is 1140 g/mol. The lowest BCUT2D eigenvalue weighted by molar-refractivity contribution is -0.145. The van der Waals surface area contributed by atoms with Gasteiger partial charge in [-0.25, -0.2) is 0 Å². The Hall–Kier alpha value is -3.54. The van der Waals surface area contributed by atoms with Gasteiger partial charge in [-0.2, -0.15) is 0 Å². The molecule has 0 saturated carbocycles. The van der Waals surface area contributed by atoms with Crippen LogP contribution in [0, 0.1) is 5.41 Å². The minimum absolute atomic E-state index is 0.0752. The quantitative estimate of drug-likeness (QED) is 0.0197. The maximum absolute atomic E-state index is 11.6. The summed E-state index contributed by atoms with van der Waals surface area (Å²) in [6, 6.07) is 0. The molecule has 0 aliphatic carbocycles. The van der Waals surface area contributed by atoms with E-state index in [-0.39, 0.29) is 80.9 Å². The molecule has 0 rings (SSSR count). The fourth-order valence-electron chi connectivity index (χ4n) is 6.58. The zero-order valence-electron chi connectivity index (χ0n) is 49.0. The van der Waals surface area contributed by atoms with Crippen LogP contribution in [0.25, 0.3) is 0 Å². The molecule has 0 aromatic rings. The highest BCUT2D eigenvalue weighted by atomic mass is 16.6. The third-order valence-electron chi connectivity index (χ3n) is 11.4. The molecule has 0 aromatic heterocycles. The summed E-state index contributed by atoms with van der Waals surface area (Å²) in [5.74, 6) is -1.19. The Morgan fingerprint density at radius 3 is 0.772 bits per heavy atom. The van der Waals surface area contributed by atoms with E-state index in [1.165, 1.54) is 0 Å². The first-order valence-corrected chi connectivity index (χ1v) is 29.6. The highest BCUT2D eigenvalue weighted by Crippen LogP contribution is 2.14. The molecular weight excluding hydrogens is 1030 g/mol. The van der Waals surface area contributed by atoms with Crippen LogP contribution in [0.15, 0.2) is 0 Å². The van der Waals surface area contributed by atoms with Crippen molar-refractivity contribution < 1.29 is 102 Å². The number of unbranched alkanes of at least 4 members (excludes halogenated alkanes) is 14. The summed E-state index contributed by atoms with van der Waals surface area (Å²) in [6.07, 6.45) is 21.3. The molecule has 21 heteroatoms. The van der Waals surface area contributed by atoms with E-state index in [1.54, 1.807) is 0 Å². The first kappa shape index (κ1) is 79.7. The molecule has 0 unspecified atom stereocenters. The molecule has 0 aliphatic rings. The monoisotopic (exact) mass is 1140 g/mol. The lowest BCUT2D eigenvalue weighted by atomic mass is 9.97. The Bertz CT molecular complexity index is 1370. The number of hydrogen-bond acceptors (Lipinski definition) is 21. The van der Waals surface area contributed by atoms with Crippen molar-refractivity contribution >= 4 is 35.8 Å². The predicted octanol–water partition coefficient (Wildman–Crippen LogP) is 7.34. The van der Waals surface area contributed by atoms with Crippen molar-refractivity contribution in [1.29, 1.82) is 0 Å². The predicted molar refractivity (Wildman–Crippen MR) is 298 cm³/mol. The van der Waals surface area contributed by atoms with Gasteiger partial charge in [0.25, 0.3) is 0 Å². The van der Waals surface area contributed by atoms with Crippen molar-refractivity contribution in [2.75, 3.05) is 119 Å². The second kappa shape index (κ2) is 65.3. The number of rotatable bonds is 56. The van der Waals surface area contributed by atoms with Crippen molar-refractivity contribution in [3.05, 3.63) is 0 Å². The van der Waals surface area contributed by atoms with Gasteiger partial charge >= 0.3 is 35.8 Å². The van der Waals surface area contributed by atoms with E-state index in [9.17, 15) is 28.8 Å². The van der Waals surface area contributed by atoms with Crippen molar-refractivity contribution in [3.63, 3.8) is 0 Å². The maximum Gasteiger partial charge on any atom is 0.305 e. The molecule has 0 fully saturated rings. The van der Waals surface area contributed by atoms with Crippen LogP contribution in [0.1, 0.15) is 213 Å². The first-order valence-electron chi connectivity index (χ1n) is 29.6. The Morgan fingerprint density at radius 1 is 0.253 bits per heavy atom. The zero-order valence-corrected chi connectivity index (χ0v) is 49.0. The maximum atomic E-state index is 11.6. The molecule has 79 heavy (non-hydrogen) atoms. The van der Waals surface area contributed by atoms with Crippen molar-refractivity contribution in [3.8, 4) is 0 Å². The molecule has 0 bridgehead atoms. The molecule has 0 spiro atoms. The van der Waals surface area contributed by atoms with E-state index < -0.39 is 0 Å². The Balaban J connectivity index is -0.00000110. The summed E-state index contributed by atoms with van der Waals surface area (Å²) in [7, 11) is 0. The van der Waals surface area contributed by atoms with E-state index >= 15 is 0 Å². The van der Waals surface area contributed by atoms with Crippen molar-refractivity contribution in [2.45, 2.75) is 213 Å². The Labute approximate surface area is 473 Å². The number of hydrogen-bond donors (Lipinski definition) is 6. The van der Waals surface area contributed by atoms with Crippen LogP contribution in [0.2, 0.25) is 0 Å². The minimum Gasteiger partial charge on any atom is -0.466 e. The van der Waals surface area contributed by atoms with Gasteiger partial charge in [-0.1, -0.05) is 33.1 Å². The van der Waals surface area contributed by atoms with Gasteiger partial charge in [0.1, 0.15) is 0 Å². The van der Waals surface area contributed by atoms with Gasteiger partial charge in [0.05, 0.1) is 52.9 Å². The van der Waals surface area contributed by atoms with E-state index in [2.05, 4.69) is 0 Å². The van der Waals surface area contributed by atoms with Gasteiger partial charge < -0.3 is 73.3 Å². The average Bonchev–Trinajstić information content (AvgIpc) is 3.43. The highest BCUT2D eigenvalue weighted by Gasteiger charge is 2.16. The fraction of sp³-hybridized carbons (Fsp3) is 0.897. The minimum atomic E-state index is -0.245. The normalized spacial score (nSPS) is 10.9. The molecule has 0 aliphatic heterocycles. The molecule has 0 radical (unpaired) electrons. The molecule has 0 aromatic carbocycles. The topological polar surface area (TPSA) is 307 Å². The van der Waals surface area contributed by atoms with Crippen LogP contribution in [-0.2, 0) is 71.4 Å². The zero-order chi connectivity index (χ0) is 59.0. The van der Waals surface area contributed by atoms with E-state index in [0.717, 1.165) is 135 Å². The number of carbonyl (C=O) groups excluding carboxylic acids is 6. The van der Waals surface area contributed by atoms with Gasteiger partial charge in [0, 0.05) is 123 Å². The Kier molecular flexibility index (Phi) is 65.8. The summed E-state index contributed by atoms with van der Waals surface area (Å²) < 4.78 is 46.8. The van der Waals surface area contributed by atoms with Crippen LogP contribution < -0.4 is 0 Å². The van der Waals surface area contributed by atoms with Crippen LogP contribution in [-0.4, -0.2) is 185 Å². The fourth-order valence-corrected chi connectivity index (χ4v) is 6.58. The lowest BCUT2D eigenvalue weighted by Crippen LogP contribution is -2.24. The van der Waals surface area contributed by atoms with Gasteiger partial charge in [-0.3, -0.25) is 28.8 Å². The third-order valence-corrected chi connectivity index (χ3v) is 11.4. The van der Waals surface area contributed by atoms with Crippen LogP contribution >= 0.6 is 0 Å². The summed E-state index contributed by atoms with van der Waals surface area (Å²) >= 11 is 0. The summed E-state index contributed by atoms with van der Waals surface area (Å²) in [5.41, 5.74) is -0.245. The molecule has 0 atom stereocenters. The standard InChI is InChI=1S/2C20H38O7.C18H34O7/c1-20(2,16-22)17-25-13-9-15-27-19(24)11-6-4-8-14-26-18(23)10-5-3-7-12-21;21-13-5-1-3-11-19(23)26-17-7-2-4-12-20(24)27-18-10-9-16-25-15-8-6-14-22;19-11-5-1-3-9-17(21)24-15-6-2-4-10-18(22)25-16-8-14-23-13-7-12-20/h21-22H,3-17H2,1-2H3;21-22H,1-18H2;19-20H,1-16H2. The second-order valence-corrected chi connectivity index (χ2v) is 19.9. The molecule has 468 valence electrons. The van der Waals surface area contributed by atoms with E-state index in [1.807, 2.05) is 13.8 Å². The Morgan fingerprint density at radius 2 is 0.468 bits per heavy atom. The molecule has 0 saturated heterocycles. The second-order valence-electron chi connectivity index (χ2n) is 19.9. The van der Waals surface area contributed by atoms with Crippen LogP contribution in [0.5, 0.6) is 0 Å². The summed E-state index contributed by atoms with van der Waals surface area (Å²) in [6.45, 7) is 10.4. The van der Waals surface area contributed by atoms with Gasteiger partial charge in [-0.05, 0) is 128 Å². The van der Waals surface area contributed by atoms with Gasteiger partial charge in [0.2, 0.25) is 0 Å². The largest absolute Gasteiger partial charge is 0.466 e. The van der Waals surface area contributed by atoms with Crippen molar-refractivity contribution in [1.82, 2.24) is 0 Å². The molecule has 21 nitrogen and oxygen atoms in total. The lowest BCUT2D eigenvalue weighted by Gasteiger charge is -2.21. The SMILES string of the molecule is CC(C)(CO)COCCCOC(=O)CCCCCOC(=O)CCCCCO.O=C(CCCCCO)OCCCCCC(=O)OCCCCOCCCCO.O=C(CCCCCO)OCCCCCC(=O)OCCCOCCCO. The molecule has 6 N–H and O–H groups in total. The molecular formula is C58H110O21. The first-order chi connectivity index (χ1) is 38.3. The molecule has 0 amide bonds. The summed E-state index contributed by atoms with van der Waals surface area (Å²) in [5, 5.41) is 52.2. The number of carbonyl (C=O) groups is 6. The van der Waals surface area contributed by atoms with E-state index in [0.29, 0.717) is 143 Å².